The van der Waals surface area contributed by atoms with E-state index in [2.05, 4.69) is 0 Å². The van der Waals surface area contributed by atoms with Crippen LogP contribution >= 0.6 is 11.6 Å². The SMILES string of the molecule is CCC(OCOC)(c1ccccc1Cl)N(C(=O)O)C1CCCCC1. The number of hydrogen-bond donors (Lipinski definition) is 1. The Hall–Kier alpha value is -1.30. The van der Waals surface area contributed by atoms with Crippen LogP contribution in [0.25, 0.3) is 0 Å². The molecule has 1 N–H and O–H groups in total. The third kappa shape index (κ3) is 3.85. The molecule has 0 aromatic heterocycles. The summed E-state index contributed by atoms with van der Waals surface area (Å²) in [6, 6.07) is 7.19. The average molecular weight is 356 g/mol. The molecule has 1 amide bonds. The zero-order valence-corrected chi connectivity index (χ0v) is 15.1. The number of halogens is 1. The van der Waals surface area contributed by atoms with Crippen molar-refractivity contribution in [3.8, 4) is 0 Å². The fraction of sp³-hybridized carbons (Fsp3) is 0.611. The van der Waals surface area contributed by atoms with Crippen molar-refractivity contribution in [1.29, 1.82) is 0 Å². The van der Waals surface area contributed by atoms with E-state index in [0.29, 0.717) is 17.0 Å². The smallest absolute Gasteiger partial charge is 0.410 e. The molecular formula is C18H26ClNO4. The Kier molecular flexibility index (Phi) is 6.90. The molecule has 0 saturated heterocycles. The van der Waals surface area contributed by atoms with E-state index in [4.69, 9.17) is 21.1 Å². The summed E-state index contributed by atoms with van der Waals surface area (Å²) in [5.74, 6) is 0. The zero-order chi connectivity index (χ0) is 17.6. The highest BCUT2D eigenvalue weighted by Crippen LogP contribution is 2.41. The Morgan fingerprint density at radius 3 is 2.54 bits per heavy atom. The predicted octanol–water partition coefficient (Wildman–Crippen LogP) is 4.84. The first-order valence-electron chi connectivity index (χ1n) is 8.47. The van der Waals surface area contributed by atoms with Crippen LogP contribution in [-0.4, -0.2) is 36.0 Å². The van der Waals surface area contributed by atoms with Crippen molar-refractivity contribution < 1.29 is 19.4 Å². The van der Waals surface area contributed by atoms with Gasteiger partial charge in [-0.2, -0.15) is 0 Å². The molecule has 2 rings (SSSR count). The van der Waals surface area contributed by atoms with E-state index in [1.54, 1.807) is 6.07 Å². The summed E-state index contributed by atoms with van der Waals surface area (Å²) in [6.07, 6.45) is 4.35. The Morgan fingerprint density at radius 1 is 1.33 bits per heavy atom. The summed E-state index contributed by atoms with van der Waals surface area (Å²) < 4.78 is 11.1. The van der Waals surface area contributed by atoms with Gasteiger partial charge in [-0.05, 0) is 25.3 Å². The maximum Gasteiger partial charge on any atom is 0.410 e. The third-order valence-electron chi connectivity index (χ3n) is 4.72. The van der Waals surface area contributed by atoms with Crippen molar-refractivity contribution in [2.24, 2.45) is 0 Å². The molecule has 1 atom stereocenters. The van der Waals surface area contributed by atoms with Gasteiger partial charge in [0.2, 0.25) is 0 Å². The van der Waals surface area contributed by atoms with Gasteiger partial charge in [-0.25, -0.2) is 4.79 Å². The van der Waals surface area contributed by atoms with E-state index in [0.717, 1.165) is 32.1 Å². The molecule has 0 bridgehead atoms. The summed E-state index contributed by atoms with van der Waals surface area (Å²) in [7, 11) is 1.53. The highest BCUT2D eigenvalue weighted by molar-refractivity contribution is 6.31. The van der Waals surface area contributed by atoms with Crippen LogP contribution in [0.3, 0.4) is 0 Å². The second-order valence-corrected chi connectivity index (χ2v) is 6.52. The summed E-state index contributed by atoms with van der Waals surface area (Å²) in [4.78, 5) is 13.7. The van der Waals surface area contributed by atoms with Crippen molar-refractivity contribution in [2.75, 3.05) is 13.9 Å². The Morgan fingerprint density at radius 2 is 2.00 bits per heavy atom. The fourth-order valence-corrected chi connectivity index (χ4v) is 3.90. The lowest BCUT2D eigenvalue weighted by Crippen LogP contribution is -2.56. The summed E-state index contributed by atoms with van der Waals surface area (Å²) in [5.41, 5.74) is -0.485. The number of carbonyl (C=O) groups is 1. The van der Waals surface area contributed by atoms with E-state index < -0.39 is 11.8 Å². The van der Waals surface area contributed by atoms with Crippen molar-refractivity contribution in [3.05, 3.63) is 34.9 Å². The van der Waals surface area contributed by atoms with Crippen LogP contribution in [0.1, 0.15) is 51.0 Å². The summed E-state index contributed by atoms with van der Waals surface area (Å²) in [6.45, 7) is 1.91. The first kappa shape index (κ1) is 19.0. The Labute approximate surface area is 148 Å². The van der Waals surface area contributed by atoms with E-state index in [9.17, 15) is 9.90 Å². The second-order valence-electron chi connectivity index (χ2n) is 6.11. The van der Waals surface area contributed by atoms with Crippen LogP contribution in [0.4, 0.5) is 4.79 Å². The van der Waals surface area contributed by atoms with Gasteiger partial charge in [-0.15, -0.1) is 0 Å². The quantitative estimate of drug-likeness (QED) is 0.711. The molecule has 1 aromatic carbocycles. The summed E-state index contributed by atoms with van der Waals surface area (Å²) >= 11 is 6.41. The van der Waals surface area contributed by atoms with Gasteiger partial charge < -0.3 is 14.6 Å². The van der Waals surface area contributed by atoms with Gasteiger partial charge in [0.05, 0.1) is 0 Å². The van der Waals surface area contributed by atoms with E-state index >= 15 is 0 Å². The van der Waals surface area contributed by atoms with Crippen molar-refractivity contribution in [1.82, 2.24) is 4.90 Å². The maximum atomic E-state index is 12.2. The minimum Gasteiger partial charge on any atom is -0.465 e. The molecule has 6 heteroatoms. The number of hydrogen-bond acceptors (Lipinski definition) is 3. The van der Waals surface area contributed by atoms with Crippen LogP contribution in [-0.2, 0) is 15.2 Å². The maximum absolute atomic E-state index is 12.2. The molecule has 1 aliphatic rings. The molecule has 134 valence electrons. The molecule has 0 aliphatic heterocycles. The number of methoxy groups -OCH3 is 1. The molecule has 5 nitrogen and oxygen atoms in total. The van der Waals surface area contributed by atoms with Crippen LogP contribution in [0, 0.1) is 0 Å². The van der Waals surface area contributed by atoms with Gasteiger partial charge in [-0.1, -0.05) is 56.0 Å². The van der Waals surface area contributed by atoms with Gasteiger partial charge in [-0.3, -0.25) is 4.90 Å². The molecule has 0 heterocycles. The Balaban J connectivity index is 2.52. The van der Waals surface area contributed by atoms with Gasteiger partial charge in [0.15, 0.2) is 5.72 Å². The molecule has 1 aromatic rings. The number of nitrogens with zero attached hydrogens (tertiary/aromatic N) is 1. The monoisotopic (exact) mass is 355 g/mol. The van der Waals surface area contributed by atoms with Crippen molar-refractivity contribution >= 4 is 17.7 Å². The normalized spacial score (nSPS) is 18.1. The molecule has 1 aliphatic carbocycles. The predicted molar refractivity (Wildman–Crippen MR) is 93.1 cm³/mol. The third-order valence-corrected chi connectivity index (χ3v) is 5.05. The van der Waals surface area contributed by atoms with Gasteiger partial charge >= 0.3 is 6.09 Å². The number of rotatable bonds is 7. The average Bonchev–Trinajstić information content (AvgIpc) is 2.59. The largest absolute Gasteiger partial charge is 0.465 e. The first-order valence-corrected chi connectivity index (χ1v) is 8.84. The van der Waals surface area contributed by atoms with Crippen LogP contribution in [0.15, 0.2) is 24.3 Å². The molecule has 0 radical (unpaired) electrons. The van der Waals surface area contributed by atoms with Crippen LogP contribution in [0.2, 0.25) is 5.02 Å². The standard InChI is InChI=1S/C18H26ClNO4/c1-3-18(24-13-23-2,15-11-7-8-12-16(15)19)20(17(21)22)14-9-5-4-6-10-14/h7-8,11-12,14H,3-6,9-10,13H2,1-2H3,(H,21,22). The molecule has 1 unspecified atom stereocenters. The van der Waals surface area contributed by atoms with E-state index in [1.807, 2.05) is 25.1 Å². The minimum atomic E-state index is -1.15. The molecule has 1 fully saturated rings. The van der Waals surface area contributed by atoms with Gasteiger partial charge in [0, 0.05) is 23.7 Å². The first-order chi connectivity index (χ1) is 11.6. The van der Waals surface area contributed by atoms with Crippen LogP contribution < -0.4 is 0 Å². The molecule has 24 heavy (non-hydrogen) atoms. The topological polar surface area (TPSA) is 59.0 Å². The Bertz CT molecular complexity index is 548. The number of benzene rings is 1. The van der Waals surface area contributed by atoms with E-state index in [1.165, 1.54) is 12.0 Å². The highest BCUT2D eigenvalue weighted by Gasteiger charge is 2.46. The number of ether oxygens (including phenoxy) is 2. The van der Waals surface area contributed by atoms with Crippen LogP contribution in [0.5, 0.6) is 0 Å². The van der Waals surface area contributed by atoms with Gasteiger partial charge in [0.25, 0.3) is 0 Å². The van der Waals surface area contributed by atoms with Crippen molar-refractivity contribution in [2.45, 2.75) is 57.2 Å². The lowest BCUT2D eigenvalue weighted by Gasteiger charge is -2.46. The molecule has 0 spiro atoms. The second kappa shape index (κ2) is 8.70. The summed E-state index contributed by atoms with van der Waals surface area (Å²) in [5, 5.41) is 10.5. The fourth-order valence-electron chi connectivity index (χ4n) is 3.62. The molecular weight excluding hydrogens is 330 g/mol. The number of carboxylic acid groups (broad SMARTS) is 1. The highest BCUT2D eigenvalue weighted by atomic mass is 35.5. The minimum absolute atomic E-state index is 0.00440. The lowest BCUT2D eigenvalue weighted by atomic mass is 9.89. The van der Waals surface area contributed by atoms with Crippen molar-refractivity contribution in [3.63, 3.8) is 0 Å². The zero-order valence-electron chi connectivity index (χ0n) is 14.3. The number of amides is 1. The molecule has 1 saturated carbocycles. The van der Waals surface area contributed by atoms with Gasteiger partial charge in [0.1, 0.15) is 6.79 Å². The van der Waals surface area contributed by atoms with E-state index in [-0.39, 0.29) is 12.8 Å². The lowest BCUT2D eigenvalue weighted by molar-refractivity contribution is -0.213.